The van der Waals surface area contributed by atoms with Crippen molar-refractivity contribution in [3.63, 3.8) is 0 Å². The first-order chi connectivity index (χ1) is 8.72. The molecule has 1 aromatic rings. The molecular weight excluding hydrogens is 218 g/mol. The molecule has 1 heteroatoms. The fourth-order valence-electron chi connectivity index (χ4n) is 3.38. The van der Waals surface area contributed by atoms with E-state index in [2.05, 4.69) is 43.4 Å². The molecule has 0 spiro atoms. The summed E-state index contributed by atoms with van der Waals surface area (Å²) in [6.07, 6.45) is 7.01. The van der Waals surface area contributed by atoms with Gasteiger partial charge in [0.25, 0.3) is 0 Å². The second kappa shape index (κ2) is 5.05. The lowest BCUT2D eigenvalue weighted by Crippen LogP contribution is -2.44. The van der Waals surface area contributed by atoms with Crippen LogP contribution in [0.2, 0.25) is 0 Å². The molecule has 0 aromatic heterocycles. The Hall–Kier alpha value is -0.820. The summed E-state index contributed by atoms with van der Waals surface area (Å²) < 4.78 is 0. The molecule has 1 atom stereocenters. The Morgan fingerprint density at radius 3 is 2.61 bits per heavy atom. The molecule has 0 aliphatic heterocycles. The number of aryl methyl sites for hydroxylation is 1. The highest BCUT2D eigenvalue weighted by Crippen LogP contribution is 2.39. The molecule has 2 saturated carbocycles. The predicted octanol–water partition coefficient (Wildman–Crippen LogP) is 4.02. The van der Waals surface area contributed by atoms with Crippen molar-refractivity contribution in [2.75, 3.05) is 0 Å². The first kappa shape index (κ1) is 12.2. The van der Waals surface area contributed by atoms with Gasteiger partial charge in [0.15, 0.2) is 0 Å². The Morgan fingerprint density at radius 2 is 1.94 bits per heavy atom. The smallest absolute Gasteiger partial charge is 0.00812 e. The molecule has 2 fully saturated rings. The molecule has 3 rings (SSSR count). The van der Waals surface area contributed by atoms with E-state index in [-0.39, 0.29) is 0 Å². The molecule has 2 aliphatic rings. The molecule has 18 heavy (non-hydrogen) atoms. The maximum Gasteiger partial charge on any atom is 0.00812 e. The zero-order valence-electron chi connectivity index (χ0n) is 11.7. The average Bonchev–Trinajstić information content (AvgIpc) is 3.08. The van der Waals surface area contributed by atoms with Crippen molar-refractivity contribution in [3.05, 3.63) is 35.4 Å². The lowest BCUT2D eigenvalue weighted by atomic mass is 9.74. The van der Waals surface area contributed by atoms with Crippen LogP contribution in [0.15, 0.2) is 24.3 Å². The summed E-state index contributed by atoms with van der Waals surface area (Å²) in [5.41, 5.74) is 3.04. The van der Waals surface area contributed by atoms with Gasteiger partial charge in [-0.05, 0) is 56.1 Å². The van der Waals surface area contributed by atoms with Crippen LogP contribution in [-0.2, 0) is 0 Å². The Balaban J connectivity index is 1.46. The lowest BCUT2D eigenvalue weighted by Gasteiger charge is -2.39. The van der Waals surface area contributed by atoms with Crippen molar-refractivity contribution < 1.29 is 0 Å². The van der Waals surface area contributed by atoms with Gasteiger partial charge in [0.2, 0.25) is 0 Å². The minimum Gasteiger partial charge on any atom is -0.311 e. The third kappa shape index (κ3) is 2.77. The normalized spacial score (nSPS) is 28.8. The van der Waals surface area contributed by atoms with Crippen LogP contribution in [0, 0.1) is 12.8 Å². The van der Waals surface area contributed by atoms with E-state index in [1.54, 1.807) is 5.56 Å². The van der Waals surface area contributed by atoms with Crippen LogP contribution in [0.1, 0.15) is 56.1 Å². The molecule has 1 nitrogen and oxygen atoms in total. The molecule has 1 N–H and O–H groups in total. The van der Waals surface area contributed by atoms with Gasteiger partial charge in [0.05, 0.1) is 0 Å². The number of hydrogen-bond donors (Lipinski definition) is 1. The minimum absolute atomic E-state index is 0.723. The number of nitrogens with one attached hydrogen (secondary N) is 1. The van der Waals surface area contributed by atoms with E-state index in [1.807, 2.05) is 0 Å². The monoisotopic (exact) mass is 243 g/mol. The minimum atomic E-state index is 0.723. The summed E-state index contributed by atoms with van der Waals surface area (Å²) in [6.45, 7) is 4.60. The Morgan fingerprint density at radius 1 is 1.22 bits per heavy atom. The SMILES string of the molecule is Cc1ccccc1C1CC(NC(C)CC2CC2)C1. The fraction of sp³-hybridized carbons (Fsp3) is 0.647. The second-order valence-electron chi connectivity index (χ2n) is 6.47. The van der Waals surface area contributed by atoms with Crippen molar-refractivity contribution in [2.24, 2.45) is 5.92 Å². The molecule has 0 amide bonds. The van der Waals surface area contributed by atoms with Gasteiger partial charge in [-0.1, -0.05) is 37.1 Å². The molecule has 0 heterocycles. The maximum atomic E-state index is 3.81. The largest absolute Gasteiger partial charge is 0.311 e. The second-order valence-corrected chi connectivity index (χ2v) is 6.47. The van der Waals surface area contributed by atoms with Crippen molar-refractivity contribution in [3.8, 4) is 0 Å². The molecule has 0 saturated heterocycles. The first-order valence-corrected chi connectivity index (χ1v) is 7.54. The van der Waals surface area contributed by atoms with Crippen molar-refractivity contribution in [2.45, 2.75) is 64.0 Å². The van der Waals surface area contributed by atoms with Crippen LogP contribution in [0.5, 0.6) is 0 Å². The Labute approximate surface area is 111 Å². The van der Waals surface area contributed by atoms with E-state index < -0.39 is 0 Å². The van der Waals surface area contributed by atoms with E-state index in [0.717, 1.165) is 23.9 Å². The van der Waals surface area contributed by atoms with E-state index >= 15 is 0 Å². The number of rotatable bonds is 5. The van der Waals surface area contributed by atoms with Gasteiger partial charge in [-0.2, -0.15) is 0 Å². The molecule has 0 radical (unpaired) electrons. The van der Waals surface area contributed by atoms with E-state index in [4.69, 9.17) is 0 Å². The molecular formula is C17H25N. The van der Waals surface area contributed by atoms with Gasteiger partial charge in [0, 0.05) is 12.1 Å². The van der Waals surface area contributed by atoms with Gasteiger partial charge < -0.3 is 5.32 Å². The first-order valence-electron chi connectivity index (χ1n) is 7.54. The van der Waals surface area contributed by atoms with Gasteiger partial charge in [-0.25, -0.2) is 0 Å². The molecule has 98 valence electrons. The Bertz CT molecular complexity index is 402. The number of hydrogen-bond acceptors (Lipinski definition) is 1. The third-order valence-corrected chi connectivity index (χ3v) is 4.67. The summed E-state index contributed by atoms with van der Waals surface area (Å²) in [5.74, 6) is 1.84. The van der Waals surface area contributed by atoms with Gasteiger partial charge in [-0.3, -0.25) is 0 Å². The molecule has 2 aliphatic carbocycles. The fourth-order valence-corrected chi connectivity index (χ4v) is 3.38. The summed E-state index contributed by atoms with van der Waals surface area (Å²) in [7, 11) is 0. The standard InChI is InChI=1S/C17H25N/c1-12-5-3-4-6-17(12)15-10-16(11-15)18-13(2)9-14-7-8-14/h3-6,13-16,18H,7-11H2,1-2H3. The van der Waals surface area contributed by atoms with Crippen LogP contribution in [0.4, 0.5) is 0 Å². The highest BCUT2D eigenvalue weighted by atomic mass is 15.0. The third-order valence-electron chi connectivity index (χ3n) is 4.67. The van der Waals surface area contributed by atoms with Crippen LogP contribution < -0.4 is 5.32 Å². The average molecular weight is 243 g/mol. The summed E-state index contributed by atoms with van der Waals surface area (Å²) in [5, 5.41) is 3.81. The van der Waals surface area contributed by atoms with Crippen LogP contribution in [-0.4, -0.2) is 12.1 Å². The Kier molecular flexibility index (Phi) is 3.43. The number of benzene rings is 1. The van der Waals surface area contributed by atoms with Crippen LogP contribution >= 0.6 is 0 Å². The summed E-state index contributed by atoms with van der Waals surface area (Å²) >= 11 is 0. The summed E-state index contributed by atoms with van der Waals surface area (Å²) in [6, 6.07) is 10.4. The topological polar surface area (TPSA) is 12.0 Å². The highest BCUT2D eigenvalue weighted by Gasteiger charge is 2.32. The van der Waals surface area contributed by atoms with Crippen molar-refractivity contribution >= 4 is 0 Å². The highest BCUT2D eigenvalue weighted by molar-refractivity contribution is 5.31. The lowest BCUT2D eigenvalue weighted by molar-refractivity contribution is 0.261. The molecule has 1 unspecified atom stereocenters. The maximum absolute atomic E-state index is 3.81. The van der Waals surface area contributed by atoms with Gasteiger partial charge in [0.1, 0.15) is 0 Å². The molecule has 0 bridgehead atoms. The van der Waals surface area contributed by atoms with Crippen LogP contribution in [0.25, 0.3) is 0 Å². The van der Waals surface area contributed by atoms with Crippen LogP contribution in [0.3, 0.4) is 0 Å². The van der Waals surface area contributed by atoms with Crippen molar-refractivity contribution in [1.29, 1.82) is 0 Å². The van der Waals surface area contributed by atoms with E-state index in [0.29, 0.717) is 0 Å². The van der Waals surface area contributed by atoms with Gasteiger partial charge in [-0.15, -0.1) is 0 Å². The quantitative estimate of drug-likeness (QED) is 0.823. The van der Waals surface area contributed by atoms with Crippen molar-refractivity contribution in [1.82, 2.24) is 5.32 Å². The zero-order chi connectivity index (χ0) is 12.5. The van der Waals surface area contributed by atoms with E-state index in [1.165, 1.54) is 37.7 Å². The van der Waals surface area contributed by atoms with Gasteiger partial charge >= 0.3 is 0 Å². The van der Waals surface area contributed by atoms with E-state index in [9.17, 15) is 0 Å². The summed E-state index contributed by atoms with van der Waals surface area (Å²) in [4.78, 5) is 0. The molecule has 1 aromatic carbocycles. The zero-order valence-corrected chi connectivity index (χ0v) is 11.7. The predicted molar refractivity (Wildman–Crippen MR) is 76.9 cm³/mol.